The van der Waals surface area contributed by atoms with E-state index in [-0.39, 0.29) is 0 Å². The maximum atomic E-state index is 9.72. The molecule has 0 unspecified atom stereocenters. The zero-order valence-electron chi connectivity index (χ0n) is 17.5. The Bertz CT molecular complexity index is 1460. The number of aromatic nitrogens is 3. The summed E-state index contributed by atoms with van der Waals surface area (Å²) in [6, 6.07) is 36.0. The predicted molar refractivity (Wildman–Crippen MR) is 134 cm³/mol. The Morgan fingerprint density at radius 3 is 1.61 bits per heavy atom. The summed E-state index contributed by atoms with van der Waals surface area (Å²) in [5, 5.41) is 9.72. The van der Waals surface area contributed by atoms with Gasteiger partial charge in [-0.15, -0.1) is 0 Å². The fraction of sp³-hybridized carbons (Fsp3) is 0. The van der Waals surface area contributed by atoms with E-state index in [1.807, 2.05) is 78.9 Å². The normalized spacial score (nSPS) is 10.5. The maximum Gasteiger partial charge on any atom is 0.165 e. The summed E-state index contributed by atoms with van der Waals surface area (Å²) in [6.07, 6.45) is 0. The molecular formula is C28H17BrN4. The Labute approximate surface area is 200 Å². The second-order valence-corrected chi connectivity index (χ2v) is 8.24. The molecule has 33 heavy (non-hydrogen) atoms. The lowest BCUT2D eigenvalue weighted by Gasteiger charge is -2.10. The highest BCUT2D eigenvalue weighted by Crippen LogP contribution is 2.30. The third-order valence-electron chi connectivity index (χ3n) is 5.28. The van der Waals surface area contributed by atoms with Gasteiger partial charge in [-0.3, -0.25) is 0 Å². The molecule has 0 N–H and O–H groups in total. The Morgan fingerprint density at radius 2 is 1.00 bits per heavy atom. The van der Waals surface area contributed by atoms with Gasteiger partial charge < -0.3 is 0 Å². The molecule has 0 bridgehead atoms. The first-order chi connectivity index (χ1) is 16.2. The molecule has 0 radical (unpaired) electrons. The van der Waals surface area contributed by atoms with Crippen LogP contribution in [0.5, 0.6) is 0 Å². The number of hydrogen-bond acceptors (Lipinski definition) is 4. The first-order valence-corrected chi connectivity index (χ1v) is 11.2. The van der Waals surface area contributed by atoms with E-state index >= 15 is 0 Å². The molecule has 5 heteroatoms. The Morgan fingerprint density at radius 1 is 0.515 bits per heavy atom. The molecule has 0 fully saturated rings. The van der Waals surface area contributed by atoms with Crippen LogP contribution in [-0.4, -0.2) is 15.0 Å². The van der Waals surface area contributed by atoms with Crippen molar-refractivity contribution in [3.05, 3.63) is 113 Å². The molecule has 0 aliphatic carbocycles. The van der Waals surface area contributed by atoms with E-state index in [2.05, 4.69) is 46.3 Å². The SMILES string of the molecule is N#Cc1c(Br)cccc1-c1nc(-c2ccccc2)nc(-c2ccc(-c3ccccc3)cc2)n1. The van der Waals surface area contributed by atoms with E-state index in [1.165, 1.54) is 0 Å². The van der Waals surface area contributed by atoms with Gasteiger partial charge in [0.25, 0.3) is 0 Å². The molecule has 0 spiro atoms. The lowest BCUT2D eigenvalue weighted by Crippen LogP contribution is -2.01. The topological polar surface area (TPSA) is 62.5 Å². The van der Waals surface area contributed by atoms with Crippen molar-refractivity contribution in [2.24, 2.45) is 0 Å². The third-order valence-corrected chi connectivity index (χ3v) is 5.94. The molecule has 0 aliphatic rings. The molecule has 0 saturated carbocycles. The molecule has 5 aromatic rings. The van der Waals surface area contributed by atoms with Crippen LogP contribution in [-0.2, 0) is 0 Å². The maximum absolute atomic E-state index is 9.72. The second kappa shape index (κ2) is 9.15. The van der Waals surface area contributed by atoms with Crippen LogP contribution in [0.15, 0.2) is 108 Å². The average Bonchev–Trinajstić information content (AvgIpc) is 2.89. The standard InChI is InChI=1S/C28H17BrN4/c29-25-13-7-12-23(24(25)18-30)28-32-26(21-10-5-2-6-11-21)31-27(33-28)22-16-14-20(15-17-22)19-8-3-1-4-9-19/h1-17H. The molecule has 1 aromatic heterocycles. The smallest absolute Gasteiger partial charge is 0.165 e. The summed E-state index contributed by atoms with van der Waals surface area (Å²) in [5.41, 5.74) is 5.19. The average molecular weight is 489 g/mol. The number of rotatable bonds is 4. The van der Waals surface area contributed by atoms with Crippen LogP contribution in [0.3, 0.4) is 0 Å². The summed E-state index contributed by atoms with van der Waals surface area (Å²) < 4.78 is 0.706. The molecule has 4 aromatic carbocycles. The van der Waals surface area contributed by atoms with E-state index < -0.39 is 0 Å². The van der Waals surface area contributed by atoms with Gasteiger partial charge in [-0.05, 0) is 39.2 Å². The van der Waals surface area contributed by atoms with Crippen LogP contribution in [0.25, 0.3) is 45.3 Å². The van der Waals surface area contributed by atoms with Gasteiger partial charge in [-0.2, -0.15) is 5.26 Å². The van der Waals surface area contributed by atoms with Gasteiger partial charge in [-0.1, -0.05) is 91.0 Å². The van der Waals surface area contributed by atoms with Crippen LogP contribution in [0.4, 0.5) is 0 Å². The fourth-order valence-corrected chi connectivity index (χ4v) is 4.06. The molecule has 0 amide bonds. The van der Waals surface area contributed by atoms with Crippen LogP contribution in [0, 0.1) is 11.3 Å². The zero-order chi connectivity index (χ0) is 22.6. The van der Waals surface area contributed by atoms with Crippen molar-refractivity contribution < 1.29 is 0 Å². The van der Waals surface area contributed by atoms with E-state index in [9.17, 15) is 5.26 Å². The molecule has 0 atom stereocenters. The van der Waals surface area contributed by atoms with Crippen molar-refractivity contribution in [3.8, 4) is 51.4 Å². The quantitative estimate of drug-likeness (QED) is 0.268. The number of halogens is 1. The van der Waals surface area contributed by atoms with Crippen LogP contribution < -0.4 is 0 Å². The van der Waals surface area contributed by atoms with Crippen LogP contribution >= 0.6 is 15.9 Å². The Balaban J connectivity index is 1.66. The van der Waals surface area contributed by atoms with Crippen molar-refractivity contribution in [2.45, 2.75) is 0 Å². The van der Waals surface area contributed by atoms with Crippen molar-refractivity contribution in [3.63, 3.8) is 0 Å². The van der Waals surface area contributed by atoms with Gasteiger partial charge >= 0.3 is 0 Å². The molecule has 5 rings (SSSR count). The molecule has 0 aliphatic heterocycles. The first-order valence-electron chi connectivity index (χ1n) is 10.4. The van der Waals surface area contributed by atoms with Crippen molar-refractivity contribution >= 4 is 15.9 Å². The predicted octanol–water partition coefficient (Wildman–Crippen LogP) is 7.17. The van der Waals surface area contributed by atoms with Gasteiger partial charge in [0.15, 0.2) is 17.5 Å². The largest absolute Gasteiger partial charge is 0.208 e. The van der Waals surface area contributed by atoms with Gasteiger partial charge in [0.2, 0.25) is 0 Å². The number of benzene rings is 4. The van der Waals surface area contributed by atoms with Crippen molar-refractivity contribution in [1.29, 1.82) is 5.26 Å². The highest BCUT2D eigenvalue weighted by Gasteiger charge is 2.16. The van der Waals surface area contributed by atoms with Crippen LogP contribution in [0.1, 0.15) is 5.56 Å². The van der Waals surface area contributed by atoms with Gasteiger partial charge in [-0.25, -0.2) is 15.0 Å². The highest BCUT2D eigenvalue weighted by atomic mass is 79.9. The van der Waals surface area contributed by atoms with Crippen molar-refractivity contribution in [1.82, 2.24) is 15.0 Å². The highest BCUT2D eigenvalue weighted by molar-refractivity contribution is 9.10. The van der Waals surface area contributed by atoms with Crippen LogP contribution in [0.2, 0.25) is 0 Å². The minimum atomic E-state index is 0.462. The molecular weight excluding hydrogens is 472 g/mol. The van der Waals surface area contributed by atoms with Gasteiger partial charge in [0.1, 0.15) is 6.07 Å². The summed E-state index contributed by atoms with van der Waals surface area (Å²) in [4.78, 5) is 14.2. The lowest BCUT2D eigenvalue weighted by atomic mass is 10.0. The molecule has 1 heterocycles. The minimum Gasteiger partial charge on any atom is -0.208 e. The number of nitriles is 1. The number of hydrogen-bond donors (Lipinski definition) is 0. The van der Waals surface area contributed by atoms with E-state index in [0.717, 1.165) is 22.3 Å². The van der Waals surface area contributed by atoms with Gasteiger partial charge in [0.05, 0.1) is 5.56 Å². The first kappa shape index (κ1) is 20.7. The molecule has 4 nitrogen and oxygen atoms in total. The number of nitrogens with zero attached hydrogens (tertiary/aromatic N) is 4. The fourth-order valence-electron chi connectivity index (χ4n) is 3.61. The monoisotopic (exact) mass is 488 g/mol. The zero-order valence-corrected chi connectivity index (χ0v) is 19.1. The van der Waals surface area contributed by atoms with E-state index in [1.54, 1.807) is 0 Å². The summed E-state index contributed by atoms with van der Waals surface area (Å²) in [5.74, 6) is 1.58. The Kier molecular flexibility index (Phi) is 5.75. The molecule has 0 saturated heterocycles. The third kappa shape index (κ3) is 4.30. The summed E-state index contributed by atoms with van der Waals surface area (Å²) in [7, 11) is 0. The summed E-state index contributed by atoms with van der Waals surface area (Å²) in [6.45, 7) is 0. The Hall–Kier alpha value is -4.14. The van der Waals surface area contributed by atoms with Gasteiger partial charge in [0, 0.05) is 21.2 Å². The summed E-state index contributed by atoms with van der Waals surface area (Å²) >= 11 is 3.47. The minimum absolute atomic E-state index is 0.462. The van der Waals surface area contributed by atoms with E-state index in [0.29, 0.717) is 33.1 Å². The van der Waals surface area contributed by atoms with Crippen molar-refractivity contribution in [2.75, 3.05) is 0 Å². The lowest BCUT2D eigenvalue weighted by molar-refractivity contribution is 1.07. The second-order valence-electron chi connectivity index (χ2n) is 7.39. The van der Waals surface area contributed by atoms with E-state index in [4.69, 9.17) is 15.0 Å². The molecule has 156 valence electrons.